The minimum Gasteiger partial charge on any atom is -0.318 e. The van der Waals surface area contributed by atoms with E-state index in [-0.39, 0.29) is 0 Å². The molecule has 1 fully saturated rings. The average molecular weight is 156 g/mol. The molecule has 1 atom stereocenters. The van der Waals surface area contributed by atoms with Crippen LogP contribution in [-0.2, 0) is 0 Å². The number of hydrogen-bond donors (Lipinski definition) is 2. The highest BCUT2D eigenvalue weighted by Gasteiger charge is 2.44. The quantitative estimate of drug-likeness (QED) is 0.576. The van der Waals surface area contributed by atoms with Crippen LogP contribution in [-0.4, -0.2) is 26.7 Å². The normalized spacial score (nSPS) is 27.0. The molecule has 2 nitrogen and oxygen atoms in total. The fourth-order valence-corrected chi connectivity index (χ4v) is 1.41. The summed E-state index contributed by atoms with van der Waals surface area (Å²) in [5.41, 5.74) is 0.632. The second-order valence-electron chi connectivity index (χ2n) is 4.20. The Labute approximate surface area is 69.8 Å². The minimum atomic E-state index is 0.632. The summed E-state index contributed by atoms with van der Waals surface area (Å²) in [6, 6.07) is 0. The lowest BCUT2D eigenvalue weighted by Gasteiger charge is -2.05. The van der Waals surface area contributed by atoms with Crippen LogP contribution in [0.5, 0.6) is 0 Å². The van der Waals surface area contributed by atoms with Gasteiger partial charge in [0.1, 0.15) is 0 Å². The first-order valence-corrected chi connectivity index (χ1v) is 4.52. The van der Waals surface area contributed by atoms with E-state index in [1.54, 1.807) is 0 Å². The third-order valence-electron chi connectivity index (χ3n) is 2.66. The maximum atomic E-state index is 3.44. The van der Waals surface area contributed by atoms with E-state index in [2.05, 4.69) is 24.5 Å². The Bertz CT molecular complexity index is 121. The van der Waals surface area contributed by atoms with Gasteiger partial charge in [-0.3, -0.25) is 0 Å². The van der Waals surface area contributed by atoms with E-state index < -0.39 is 0 Å². The molecule has 0 heterocycles. The van der Waals surface area contributed by atoms with Gasteiger partial charge in [0.2, 0.25) is 0 Å². The first kappa shape index (κ1) is 9.01. The van der Waals surface area contributed by atoms with Crippen molar-refractivity contribution >= 4 is 0 Å². The highest BCUT2D eigenvalue weighted by Crippen LogP contribution is 2.50. The highest BCUT2D eigenvalue weighted by molar-refractivity contribution is 4.95. The summed E-state index contributed by atoms with van der Waals surface area (Å²) in [4.78, 5) is 0. The minimum absolute atomic E-state index is 0.632. The van der Waals surface area contributed by atoms with Gasteiger partial charge in [0.15, 0.2) is 0 Å². The monoisotopic (exact) mass is 156 g/mol. The largest absolute Gasteiger partial charge is 0.318 e. The van der Waals surface area contributed by atoms with Crippen LogP contribution in [0.2, 0.25) is 0 Å². The molecule has 0 aliphatic heterocycles. The van der Waals surface area contributed by atoms with Crippen LogP contribution in [0.4, 0.5) is 0 Å². The van der Waals surface area contributed by atoms with Gasteiger partial charge in [0.25, 0.3) is 0 Å². The van der Waals surface area contributed by atoms with Crippen molar-refractivity contribution in [2.24, 2.45) is 11.3 Å². The second kappa shape index (κ2) is 3.55. The summed E-state index contributed by atoms with van der Waals surface area (Å²) in [6.45, 7) is 8.07. The molecule has 2 N–H and O–H groups in total. The summed E-state index contributed by atoms with van der Waals surface area (Å²) in [7, 11) is 1.99. The van der Waals surface area contributed by atoms with Gasteiger partial charge in [-0.2, -0.15) is 0 Å². The van der Waals surface area contributed by atoms with E-state index in [1.807, 2.05) is 7.05 Å². The van der Waals surface area contributed by atoms with Crippen molar-refractivity contribution in [3.63, 3.8) is 0 Å². The van der Waals surface area contributed by atoms with E-state index >= 15 is 0 Å². The Balaban J connectivity index is 1.90. The maximum absolute atomic E-state index is 3.44. The van der Waals surface area contributed by atoms with Crippen molar-refractivity contribution in [2.75, 3.05) is 26.7 Å². The molecular formula is C9H20N2. The standard InChI is InChI=1S/C9H20N2/c1-9(2)6-8(9)7-11-5-4-10-3/h8,10-11H,4-7H2,1-3H3. The van der Waals surface area contributed by atoms with Crippen molar-refractivity contribution in [3.05, 3.63) is 0 Å². The van der Waals surface area contributed by atoms with Gasteiger partial charge >= 0.3 is 0 Å². The molecular weight excluding hydrogens is 136 g/mol. The molecule has 1 aliphatic carbocycles. The Morgan fingerprint density at radius 3 is 2.45 bits per heavy atom. The van der Waals surface area contributed by atoms with Crippen molar-refractivity contribution in [2.45, 2.75) is 20.3 Å². The summed E-state index contributed by atoms with van der Waals surface area (Å²) < 4.78 is 0. The second-order valence-corrected chi connectivity index (χ2v) is 4.20. The molecule has 0 aromatic rings. The third kappa shape index (κ3) is 2.80. The Morgan fingerprint density at radius 2 is 2.00 bits per heavy atom. The lowest BCUT2D eigenvalue weighted by Crippen LogP contribution is -2.27. The lowest BCUT2D eigenvalue weighted by atomic mass is 10.1. The zero-order chi connectivity index (χ0) is 8.32. The van der Waals surface area contributed by atoms with Crippen LogP contribution in [0.15, 0.2) is 0 Å². The predicted molar refractivity (Wildman–Crippen MR) is 48.7 cm³/mol. The first-order valence-electron chi connectivity index (χ1n) is 4.52. The molecule has 66 valence electrons. The van der Waals surface area contributed by atoms with Crippen LogP contribution in [0, 0.1) is 11.3 Å². The molecule has 0 aromatic heterocycles. The zero-order valence-electron chi connectivity index (χ0n) is 7.91. The molecule has 0 bridgehead atoms. The zero-order valence-corrected chi connectivity index (χ0v) is 7.91. The van der Waals surface area contributed by atoms with Gasteiger partial charge in [-0.05, 0) is 31.3 Å². The number of rotatable bonds is 5. The van der Waals surface area contributed by atoms with E-state index in [0.717, 1.165) is 19.0 Å². The number of hydrogen-bond acceptors (Lipinski definition) is 2. The van der Waals surface area contributed by atoms with Gasteiger partial charge in [-0.25, -0.2) is 0 Å². The highest BCUT2D eigenvalue weighted by atomic mass is 14.9. The van der Waals surface area contributed by atoms with Gasteiger partial charge in [0, 0.05) is 13.1 Å². The Kier molecular flexibility index (Phi) is 2.90. The van der Waals surface area contributed by atoms with Crippen LogP contribution >= 0.6 is 0 Å². The number of likely N-dealkylation sites (N-methyl/N-ethyl adjacent to an activating group) is 1. The topological polar surface area (TPSA) is 24.1 Å². The number of nitrogens with one attached hydrogen (secondary N) is 2. The van der Waals surface area contributed by atoms with E-state index in [4.69, 9.17) is 0 Å². The molecule has 0 aromatic carbocycles. The summed E-state index contributed by atoms with van der Waals surface area (Å²) >= 11 is 0. The van der Waals surface area contributed by atoms with E-state index in [1.165, 1.54) is 13.0 Å². The van der Waals surface area contributed by atoms with Gasteiger partial charge in [-0.1, -0.05) is 13.8 Å². The molecule has 0 saturated heterocycles. The van der Waals surface area contributed by atoms with Crippen LogP contribution in [0.1, 0.15) is 20.3 Å². The van der Waals surface area contributed by atoms with Crippen molar-refractivity contribution < 1.29 is 0 Å². The van der Waals surface area contributed by atoms with Gasteiger partial charge < -0.3 is 10.6 Å². The van der Waals surface area contributed by atoms with Gasteiger partial charge in [-0.15, -0.1) is 0 Å². The maximum Gasteiger partial charge on any atom is 0.00767 e. The fourth-order valence-electron chi connectivity index (χ4n) is 1.41. The summed E-state index contributed by atoms with van der Waals surface area (Å²) in [6.07, 6.45) is 1.40. The third-order valence-corrected chi connectivity index (χ3v) is 2.66. The van der Waals surface area contributed by atoms with E-state index in [9.17, 15) is 0 Å². The molecule has 0 radical (unpaired) electrons. The molecule has 1 saturated carbocycles. The molecule has 1 rings (SSSR count). The van der Waals surface area contributed by atoms with Crippen molar-refractivity contribution in [1.29, 1.82) is 0 Å². The molecule has 1 unspecified atom stereocenters. The predicted octanol–water partition coefficient (Wildman–Crippen LogP) is 0.841. The van der Waals surface area contributed by atoms with Crippen LogP contribution in [0.3, 0.4) is 0 Å². The SMILES string of the molecule is CNCCNCC1CC1(C)C. The van der Waals surface area contributed by atoms with Crippen molar-refractivity contribution in [3.8, 4) is 0 Å². The molecule has 0 amide bonds. The Hall–Kier alpha value is -0.0800. The average Bonchev–Trinajstić information content (AvgIpc) is 2.52. The molecule has 2 heteroatoms. The van der Waals surface area contributed by atoms with Crippen molar-refractivity contribution in [1.82, 2.24) is 10.6 Å². The summed E-state index contributed by atoms with van der Waals surface area (Å²) in [5, 5.41) is 6.56. The van der Waals surface area contributed by atoms with Crippen LogP contribution < -0.4 is 10.6 Å². The fraction of sp³-hybridized carbons (Fsp3) is 1.00. The smallest absolute Gasteiger partial charge is 0.00767 e. The van der Waals surface area contributed by atoms with Gasteiger partial charge in [0.05, 0.1) is 0 Å². The van der Waals surface area contributed by atoms with Crippen LogP contribution in [0.25, 0.3) is 0 Å². The van der Waals surface area contributed by atoms with E-state index in [0.29, 0.717) is 5.41 Å². The Morgan fingerprint density at radius 1 is 1.36 bits per heavy atom. The molecule has 1 aliphatic rings. The molecule has 0 spiro atoms. The first-order chi connectivity index (χ1) is 5.17. The summed E-state index contributed by atoms with van der Waals surface area (Å²) in [5.74, 6) is 0.930. The molecule has 11 heavy (non-hydrogen) atoms. The lowest BCUT2D eigenvalue weighted by molar-refractivity contribution is 0.517.